The minimum atomic E-state index is -0.177. The van der Waals surface area contributed by atoms with Gasteiger partial charge in [0, 0.05) is 43.1 Å². The third-order valence-electron chi connectivity index (χ3n) is 7.87. The Morgan fingerprint density at radius 2 is 1.70 bits per heavy atom. The van der Waals surface area contributed by atoms with Crippen molar-refractivity contribution in [2.24, 2.45) is 0 Å². The van der Waals surface area contributed by atoms with E-state index in [9.17, 15) is 4.79 Å². The first-order chi connectivity index (χ1) is 16.2. The Bertz CT molecular complexity index is 1160. The van der Waals surface area contributed by atoms with Crippen LogP contribution < -0.4 is 20.7 Å². The summed E-state index contributed by atoms with van der Waals surface area (Å²) in [7, 11) is 2.08. The maximum absolute atomic E-state index is 12.9. The second kappa shape index (κ2) is 8.41. The summed E-state index contributed by atoms with van der Waals surface area (Å²) in [5.74, 6) is 0. The van der Waals surface area contributed by atoms with Crippen molar-refractivity contribution in [2.45, 2.75) is 44.3 Å². The van der Waals surface area contributed by atoms with Gasteiger partial charge in [-0.05, 0) is 63.0 Å². The van der Waals surface area contributed by atoms with Gasteiger partial charge in [0.25, 0.3) is 5.56 Å². The highest BCUT2D eigenvalue weighted by atomic mass is 16.1. The van der Waals surface area contributed by atoms with Crippen LogP contribution in [0.5, 0.6) is 0 Å². The van der Waals surface area contributed by atoms with E-state index in [2.05, 4.69) is 50.2 Å². The van der Waals surface area contributed by atoms with E-state index in [4.69, 9.17) is 0 Å². The van der Waals surface area contributed by atoms with Gasteiger partial charge < -0.3 is 25.0 Å². The van der Waals surface area contributed by atoms with E-state index >= 15 is 0 Å². The summed E-state index contributed by atoms with van der Waals surface area (Å²) in [6.07, 6.45) is 6.46. The molecule has 2 saturated heterocycles. The number of aromatic nitrogens is 1. The number of benzene rings is 1. The van der Waals surface area contributed by atoms with E-state index in [0.717, 1.165) is 47.3 Å². The molecule has 0 radical (unpaired) electrons. The van der Waals surface area contributed by atoms with E-state index in [1.54, 1.807) is 0 Å². The second-order valence-corrected chi connectivity index (χ2v) is 9.78. The predicted octanol–water partition coefficient (Wildman–Crippen LogP) is 4.49. The molecule has 0 amide bonds. The minimum Gasteiger partial charge on any atom is -0.371 e. The number of likely N-dealkylation sites (tertiary alicyclic amines) is 1. The number of fused-ring (bicyclic) bond motifs is 2. The summed E-state index contributed by atoms with van der Waals surface area (Å²) < 4.78 is 0. The highest BCUT2D eigenvalue weighted by Gasteiger charge is 2.33. The number of nitrogens with one attached hydrogen (secondary N) is 2. The lowest BCUT2D eigenvalue weighted by Gasteiger charge is -2.41. The summed E-state index contributed by atoms with van der Waals surface area (Å²) >= 11 is 0. The summed E-state index contributed by atoms with van der Waals surface area (Å²) in [6, 6.07) is 17.4. The molecule has 0 bridgehead atoms. The first-order valence-electron chi connectivity index (χ1n) is 12.4. The van der Waals surface area contributed by atoms with Crippen LogP contribution >= 0.6 is 0 Å². The van der Waals surface area contributed by atoms with Crippen LogP contribution in [0.25, 0.3) is 11.3 Å². The maximum Gasteiger partial charge on any atom is 0.256 e. The number of anilines is 3. The summed E-state index contributed by atoms with van der Waals surface area (Å²) in [5.41, 5.74) is 6.14. The third kappa shape index (κ3) is 3.66. The van der Waals surface area contributed by atoms with E-state index < -0.39 is 0 Å². The molecule has 2 N–H and O–H groups in total. The lowest BCUT2D eigenvalue weighted by molar-refractivity contribution is 0.141. The van der Waals surface area contributed by atoms with E-state index in [1.807, 2.05) is 30.3 Å². The normalized spacial score (nSPS) is 21.9. The molecule has 0 saturated carbocycles. The molecule has 4 heterocycles. The van der Waals surface area contributed by atoms with Crippen molar-refractivity contribution in [1.82, 2.24) is 9.88 Å². The molecule has 1 aromatic carbocycles. The lowest BCUT2D eigenvalue weighted by atomic mass is 9.99. The van der Waals surface area contributed by atoms with E-state index in [0.29, 0.717) is 0 Å². The van der Waals surface area contributed by atoms with Crippen LogP contribution in [-0.4, -0.2) is 49.2 Å². The largest absolute Gasteiger partial charge is 0.371 e. The van der Waals surface area contributed by atoms with Crippen molar-refractivity contribution in [3.05, 3.63) is 64.4 Å². The van der Waals surface area contributed by atoms with Crippen LogP contribution in [0.1, 0.15) is 43.8 Å². The molecule has 6 heteroatoms. The Morgan fingerprint density at radius 3 is 2.52 bits per heavy atom. The predicted molar refractivity (Wildman–Crippen MR) is 136 cm³/mol. The Hall–Kier alpha value is -2.99. The fourth-order valence-electron chi connectivity index (χ4n) is 6.03. The van der Waals surface area contributed by atoms with Gasteiger partial charge in [-0.2, -0.15) is 0 Å². The van der Waals surface area contributed by atoms with Crippen LogP contribution in [0.4, 0.5) is 17.1 Å². The van der Waals surface area contributed by atoms with Gasteiger partial charge >= 0.3 is 0 Å². The van der Waals surface area contributed by atoms with Gasteiger partial charge in [0.2, 0.25) is 0 Å². The maximum atomic E-state index is 12.9. The quantitative estimate of drug-likeness (QED) is 0.625. The van der Waals surface area contributed by atoms with Crippen LogP contribution in [0.15, 0.2) is 53.3 Å². The van der Waals surface area contributed by atoms with Crippen LogP contribution in [0.3, 0.4) is 0 Å². The average Bonchev–Trinajstić information content (AvgIpc) is 3.23. The van der Waals surface area contributed by atoms with E-state index in [-0.39, 0.29) is 11.7 Å². The Labute approximate surface area is 195 Å². The summed E-state index contributed by atoms with van der Waals surface area (Å²) in [6.45, 7) is 4.80. The fraction of sp³-hybridized carbons (Fsp3) is 0.444. The smallest absolute Gasteiger partial charge is 0.256 e. The van der Waals surface area contributed by atoms with Crippen LogP contribution in [0, 0.1) is 0 Å². The molecule has 4 aliphatic heterocycles. The number of rotatable bonds is 3. The molecule has 6 rings (SSSR count). The standard InChI is InChI=1S/C27H33N5O/c1-30-24-18-20(32-16-12-19(13-17-32)31-14-6-3-7-15-31)10-11-23(24)28-26(30)25-21-8-4-2-5-9-22(21)29-27(25)33/h2,4-5,8-11,18-19,26,28H,3,6-7,12-17H2,1H3,(H,29,33). The Kier molecular flexibility index (Phi) is 5.25. The van der Waals surface area contributed by atoms with Crippen molar-refractivity contribution in [3.8, 4) is 11.3 Å². The molecule has 33 heavy (non-hydrogen) atoms. The van der Waals surface area contributed by atoms with Crippen LogP contribution in [-0.2, 0) is 0 Å². The SMILES string of the molecule is CN1c2cc(N3CCC(N4CCCCC4)CC3)ccc2NC1c1c2cccccc-2[nH]c1=O. The molecule has 0 aromatic heterocycles. The molecule has 0 spiro atoms. The fourth-order valence-corrected chi connectivity index (χ4v) is 6.03. The molecule has 2 fully saturated rings. The van der Waals surface area contributed by atoms with Crippen molar-refractivity contribution in [1.29, 1.82) is 0 Å². The van der Waals surface area contributed by atoms with Gasteiger partial charge in [-0.25, -0.2) is 0 Å². The zero-order chi connectivity index (χ0) is 22.4. The molecular formula is C27H33N5O. The Balaban J connectivity index is 1.21. The lowest BCUT2D eigenvalue weighted by Crippen LogP contribution is -2.46. The molecule has 1 atom stereocenters. The van der Waals surface area contributed by atoms with E-state index in [1.165, 1.54) is 50.9 Å². The van der Waals surface area contributed by atoms with Crippen molar-refractivity contribution in [3.63, 3.8) is 0 Å². The number of piperidine rings is 2. The number of hydrogen-bond acceptors (Lipinski definition) is 5. The number of nitrogens with zero attached hydrogens (tertiary/aromatic N) is 3. The van der Waals surface area contributed by atoms with Crippen molar-refractivity contribution in [2.75, 3.05) is 48.3 Å². The molecule has 1 aliphatic carbocycles. The van der Waals surface area contributed by atoms with Gasteiger partial charge in [-0.1, -0.05) is 30.7 Å². The Morgan fingerprint density at radius 1 is 0.909 bits per heavy atom. The number of hydrogen-bond donors (Lipinski definition) is 2. The van der Waals surface area contributed by atoms with Gasteiger partial charge in [0.1, 0.15) is 6.17 Å². The minimum absolute atomic E-state index is 0.0200. The highest BCUT2D eigenvalue weighted by molar-refractivity contribution is 5.82. The number of H-pyrrole nitrogens is 1. The van der Waals surface area contributed by atoms with Gasteiger partial charge in [-0.15, -0.1) is 0 Å². The molecule has 172 valence electrons. The molecular weight excluding hydrogens is 410 g/mol. The summed E-state index contributed by atoms with van der Waals surface area (Å²) in [4.78, 5) is 23.4. The first kappa shape index (κ1) is 20.6. The van der Waals surface area contributed by atoms with Gasteiger partial charge in [-0.3, -0.25) is 4.79 Å². The molecule has 1 aromatic rings. The highest BCUT2D eigenvalue weighted by Crippen LogP contribution is 2.43. The zero-order valence-electron chi connectivity index (χ0n) is 19.4. The van der Waals surface area contributed by atoms with Crippen LogP contribution in [0.2, 0.25) is 0 Å². The third-order valence-corrected chi connectivity index (χ3v) is 7.87. The second-order valence-electron chi connectivity index (χ2n) is 9.78. The zero-order valence-corrected chi connectivity index (χ0v) is 19.4. The molecule has 1 unspecified atom stereocenters. The van der Waals surface area contributed by atoms with Gasteiger partial charge in [0.05, 0.1) is 16.9 Å². The molecule has 6 nitrogen and oxygen atoms in total. The van der Waals surface area contributed by atoms with Crippen molar-refractivity contribution < 1.29 is 0 Å². The number of aromatic amines is 1. The first-order valence-corrected chi connectivity index (χ1v) is 12.4. The van der Waals surface area contributed by atoms with Gasteiger partial charge in [0.15, 0.2) is 0 Å². The average molecular weight is 444 g/mol. The topological polar surface area (TPSA) is 54.6 Å². The monoisotopic (exact) mass is 443 g/mol. The summed E-state index contributed by atoms with van der Waals surface area (Å²) in [5, 5.41) is 3.59. The van der Waals surface area contributed by atoms with Crippen molar-refractivity contribution >= 4 is 17.1 Å². The molecule has 5 aliphatic rings.